The van der Waals surface area contributed by atoms with E-state index in [1.165, 1.54) is 11.0 Å². The van der Waals surface area contributed by atoms with Crippen molar-refractivity contribution in [3.8, 4) is 0 Å². The van der Waals surface area contributed by atoms with Gasteiger partial charge in [0.05, 0.1) is 0 Å². The summed E-state index contributed by atoms with van der Waals surface area (Å²) in [7, 11) is 1.55. The zero-order chi connectivity index (χ0) is 20.3. The number of halogens is 2. The van der Waals surface area contributed by atoms with Crippen molar-refractivity contribution in [2.45, 2.75) is 31.2 Å². The van der Waals surface area contributed by atoms with Gasteiger partial charge in [-0.15, -0.1) is 0 Å². The third-order valence-corrected chi connectivity index (χ3v) is 5.78. The van der Waals surface area contributed by atoms with E-state index in [2.05, 4.69) is 15.9 Å². The Labute approximate surface area is 175 Å². The number of carbonyl (C=O) groups excluding carboxylic acids is 3. The number of nitrogens with zero attached hydrogens (tertiary/aromatic N) is 1. The Kier molecular flexibility index (Phi) is 6.25. The smallest absolute Gasteiger partial charge is 0.374 e. The fourth-order valence-electron chi connectivity index (χ4n) is 3.56. The Morgan fingerprint density at radius 2 is 2.00 bits per heavy atom. The molecule has 1 aromatic carbocycles. The van der Waals surface area contributed by atoms with Crippen molar-refractivity contribution in [1.82, 2.24) is 4.90 Å². The molecule has 1 heterocycles. The van der Waals surface area contributed by atoms with Gasteiger partial charge in [0.15, 0.2) is 17.1 Å². The first-order valence-corrected chi connectivity index (χ1v) is 10.0. The second kappa shape index (κ2) is 8.49. The Morgan fingerprint density at radius 1 is 1.25 bits per heavy atom. The summed E-state index contributed by atoms with van der Waals surface area (Å²) in [6.45, 7) is -0.507. The van der Waals surface area contributed by atoms with Crippen molar-refractivity contribution in [2.24, 2.45) is 0 Å². The number of rotatable bonds is 5. The molecule has 1 aliphatic rings. The molecule has 0 unspecified atom stereocenters. The van der Waals surface area contributed by atoms with Crippen molar-refractivity contribution in [2.75, 3.05) is 13.7 Å². The van der Waals surface area contributed by atoms with Gasteiger partial charge in [-0.05, 0) is 53.4 Å². The summed E-state index contributed by atoms with van der Waals surface area (Å²) in [5, 5.41) is 0.426. The standard InChI is InChI=1S/C20H19BrClNO5/c1-23(18(25)12-27-19(26)15-9-10-17(21)28-15)20(11-5-4-8-16(20)24)13-6-2-3-7-14(13)22/h2-3,6-7,9-10H,4-5,8,11-12H2,1H3/t20-/m0/s1. The second-order valence-corrected chi connectivity index (χ2v) is 7.79. The zero-order valence-corrected chi connectivity index (χ0v) is 17.6. The fourth-order valence-corrected chi connectivity index (χ4v) is 4.16. The number of carbonyl (C=O) groups is 3. The second-order valence-electron chi connectivity index (χ2n) is 6.60. The number of hydrogen-bond acceptors (Lipinski definition) is 5. The van der Waals surface area contributed by atoms with Crippen molar-refractivity contribution in [3.63, 3.8) is 0 Å². The first-order chi connectivity index (χ1) is 13.4. The Balaban J connectivity index is 1.82. The summed E-state index contributed by atoms with van der Waals surface area (Å²) in [6.07, 6.45) is 2.39. The van der Waals surface area contributed by atoms with Gasteiger partial charge in [0.25, 0.3) is 5.91 Å². The minimum Gasteiger partial charge on any atom is -0.450 e. The quantitative estimate of drug-likeness (QED) is 0.610. The van der Waals surface area contributed by atoms with Crippen LogP contribution in [0.15, 0.2) is 45.5 Å². The van der Waals surface area contributed by atoms with Crippen LogP contribution < -0.4 is 0 Å². The molecule has 1 aromatic heterocycles. The van der Waals surface area contributed by atoms with E-state index in [1.54, 1.807) is 37.4 Å². The number of benzene rings is 1. The SMILES string of the molecule is CN(C(=O)COC(=O)c1ccc(Br)o1)[C@]1(c2ccccc2Cl)CCCCC1=O. The molecule has 1 atom stereocenters. The minimum atomic E-state index is -1.16. The summed E-state index contributed by atoms with van der Waals surface area (Å²) in [5.41, 5.74) is -0.563. The van der Waals surface area contributed by atoms with Crippen LogP contribution in [0.5, 0.6) is 0 Å². The van der Waals surface area contributed by atoms with Gasteiger partial charge in [-0.2, -0.15) is 0 Å². The molecular formula is C20H19BrClNO5. The van der Waals surface area contributed by atoms with Gasteiger partial charge in [0.1, 0.15) is 5.54 Å². The number of likely N-dealkylation sites (N-methyl/N-ethyl adjacent to an activating group) is 1. The number of ketones is 1. The van der Waals surface area contributed by atoms with Crippen molar-refractivity contribution >= 4 is 45.2 Å². The van der Waals surface area contributed by atoms with Crippen LogP contribution in [0.2, 0.25) is 5.02 Å². The molecule has 0 aliphatic heterocycles. The fraction of sp³-hybridized carbons (Fsp3) is 0.350. The molecule has 0 saturated heterocycles. The zero-order valence-electron chi connectivity index (χ0n) is 15.2. The molecule has 3 rings (SSSR count). The van der Waals surface area contributed by atoms with Gasteiger partial charge in [-0.3, -0.25) is 9.59 Å². The predicted octanol–water partition coefficient (Wildman–Crippen LogP) is 4.35. The lowest BCUT2D eigenvalue weighted by atomic mass is 9.74. The lowest BCUT2D eigenvalue weighted by Gasteiger charge is -2.43. The van der Waals surface area contributed by atoms with Crippen LogP contribution in [-0.4, -0.2) is 36.2 Å². The molecule has 0 spiro atoms. The molecular weight excluding hydrogens is 450 g/mol. The Hall–Kier alpha value is -2.12. The molecule has 1 saturated carbocycles. The van der Waals surface area contributed by atoms with Gasteiger partial charge in [0.2, 0.25) is 5.76 Å². The maximum Gasteiger partial charge on any atom is 0.374 e. The minimum absolute atomic E-state index is 0.0168. The summed E-state index contributed by atoms with van der Waals surface area (Å²) >= 11 is 9.48. The topological polar surface area (TPSA) is 76.8 Å². The average Bonchev–Trinajstić information content (AvgIpc) is 3.13. The van der Waals surface area contributed by atoms with Crippen LogP contribution in [0, 0.1) is 0 Å². The highest BCUT2D eigenvalue weighted by molar-refractivity contribution is 9.10. The summed E-state index contributed by atoms with van der Waals surface area (Å²) in [5.74, 6) is -1.33. The van der Waals surface area contributed by atoms with Crippen molar-refractivity contribution < 1.29 is 23.5 Å². The van der Waals surface area contributed by atoms with E-state index < -0.39 is 24.0 Å². The van der Waals surface area contributed by atoms with E-state index in [9.17, 15) is 14.4 Å². The summed E-state index contributed by atoms with van der Waals surface area (Å²) < 4.78 is 10.6. The molecule has 28 heavy (non-hydrogen) atoms. The highest BCUT2D eigenvalue weighted by Crippen LogP contribution is 2.42. The first kappa shape index (κ1) is 20.6. The first-order valence-electron chi connectivity index (χ1n) is 8.83. The van der Waals surface area contributed by atoms with E-state index >= 15 is 0 Å². The molecule has 0 radical (unpaired) electrons. The highest BCUT2D eigenvalue weighted by atomic mass is 79.9. The molecule has 8 heteroatoms. The van der Waals surface area contributed by atoms with Crippen molar-refractivity contribution in [3.05, 3.63) is 57.4 Å². The maximum atomic E-state index is 13.0. The lowest BCUT2D eigenvalue weighted by Crippen LogP contribution is -2.55. The number of esters is 1. The monoisotopic (exact) mass is 467 g/mol. The molecule has 1 amide bonds. The number of ether oxygens (including phenoxy) is 1. The molecule has 0 N–H and O–H groups in total. The van der Waals surface area contributed by atoms with Gasteiger partial charge in [-0.1, -0.05) is 29.8 Å². The van der Waals surface area contributed by atoms with Crippen LogP contribution in [0.25, 0.3) is 0 Å². The van der Waals surface area contributed by atoms with E-state index in [0.29, 0.717) is 28.1 Å². The lowest BCUT2D eigenvalue weighted by molar-refractivity contribution is -0.150. The van der Waals surface area contributed by atoms with Crippen LogP contribution in [0.1, 0.15) is 41.8 Å². The van der Waals surface area contributed by atoms with E-state index in [0.717, 1.165) is 12.8 Å². The van der Waals surface area contributed by atoms with E-state index in [1.807, 2.05) is 0 Å². The molecule has 1 fully saturated rings. The number of amides is 1. The van der Waals surface area contributed by atoms with E-state index in [-0.39, 0.29) is 11.5 Å². The molecule has 2 aromatic rings. The van der Waals surface area contributed by atoms with Gasteiger partial charge >= 0.3 is 5.97 Å². The third kappa shape index (κ3) is 3.86. The number of Topliss-reactive ketones (excluding diaryl/α,β-unsaturated/α-hetero) is 1. The number of hydrogen-bond donors (Lipinski definition) is 0. The average molecular weight is 469 g/mol. The maximum absolute atomic E-state index is 13.0. The molecule has 6 nitrogen and oxygen atoms in total. The van der Waals surface area contributed by atoms with Gasteiger partial charge in [-0.25, -0.2) is 4.79 Å². The van der Waals surface area contributed by atoms with Crippen LogP contribution in [0.4, 0.5) is 0 Å². The van der Waals surface area contributed by atoms with Crippen LogP contribution in [0.3, 0.4) is 0 Å². The van der Waals surface area contributed by atoms with E-state index in [4.69, 9.17) is 20.8 Å². The van der Waals surface area contributed by atoms with Crippen molar-refractivity contribution in [1.29, 1.82) is 0 Å². The predicted molar refractivity (Wildman–Crippen MR) is 106 cm³/mol. The number of furan rings is 1. The van der Waals surface area contributed by atoms with Gasteiger partial charge < -0.3 is 14.1 Å². The summed E-state index contributed by atoms with van der Waals surface area (Å²) in [6, 6.07) is 10.0. The largest absolute Gasteiger partial charge is 0.450 e. The molecule has 0 bridgehead atoms. The normalized spacial score (nSPS) is 19.3. The Bertz CT molecular complexity index is 912. The molecule has 1 aliphatic carbocycles. The summed E-state index contributed by atoms with van der Waals surface area (Å²) in [4.78, 5) is 39.2. The highest BCUT2D eigenvalue weighted by Gasteiger charge is 2.48. The van der Waals surface area contributed by atoms with Gasteiger partial charge in [0, 0.05) is 24.1 Å². The van der Waals surface area contributed by atoms with Crippen LogP contribution in [-0.2, 0) is 19.9 Å². The third-order valence-electron chi connectivity index (χ3n) is 5.02. The Morgan fingerprint density at radius 3 is 2.64 bits per heavy atom. The molecule has 148 valence electrons. The van der Waals surface area contributed by atoms with Crippen LogP contribution >= 0.6 is 27.5 Å².